The van der Waals surface area contributed by atoms with Crippen LogP contribution in [0.2, 0.25) is 0 Å². The summed E-state index contributed by atoms with van der Waals surface area (Å²) >= 11 is 1.11. The summed E-state index contributed by atoms with van der Waals surface area (Å²) in [6, 6.07) is 10.9. The highest BCUT2D eigenvalue weighted by molar-refractivity contribution is 7.22. The van der Waals surface area contributed by atoms with E-state index in [-0.39, 0.29) is 23.8 Å². The van der Waals surface area contributed by atoms with Gasteiger partial charge >= 0.3 is 0 Å². The second kappa shape index (κ2) is 9.58. The zero-order chi connectivity index (χ0) is 19.5. The Labute approximate surface area is 177 Å². The highest BCUT2D eigenvalue weighted by atomic mass is 35.5. The fourth-order valence-electron chi connectivity index (χ4n) is 3.15. The lowest BCUT2D eigenvalue weighted by Gasteiger charge is -2.29. The molecule has 154 valence electrons. The van der Waals surface area contributed by atoms with Gasteiger partial charge < -0.3 is 4.74 Å². The van der Waals surface area contributed by atoms with Crippen molar-refractivity contribution >= 4 is 45.0 Å². The molecule has 29 heavy (non-hydrogen) atoms. The van der Waals surface area contributed by atoms with E-state index < -0.39 is 11.6 Å². The van der Waals surface area contributed by atoms with Crippen LogP contribution in [0.5, 0.6) is 0 Å². The van der Waals surface area contributed by atoms with E-state index in [0.29, 0.717) is 41.7 Å². The van der Waals surface area contributed by atoms with Gasteiger partial charge in [-0.2, -0.15) is 0 Å². The lowest BCUT2D eigenvalue weighted by molar-refractivity contribution is 0.0391. The van der Waals surface area contributed by atoms with Gasteiger partial charge in [0.2, 0.25) is 0 Å². The van der Waals surface area contributed by atoms with Crippen LogP contribution in [0.4, 0.5) is 13.9 Å². The highest BCUT2D eigenvalue weighted by Gasteiger charge is 2.23. The zero-order valence-electron chi connectivity index (χ0n) is 15.5. The molecule has 1 saturated heterocycles. The number of aromatic nitrogens is 1. The molecule has 9 heteroatoms. The minimum Gasteiger partial charge on any atom is -0.379 e. The van der Waals surface area contributed by atoms with Crippen molar-refractivity contribution in [2.45, 2.75) is 0 Å². The fourth-order valence-corrected chi connectivity index (χ4v) is 4.18. The summed E-state index contributed by atoms with van der Waals surface area (Å²) in [7, 11) is 0. The Bertz CT molecular complexity index is 981. The minimum absolute atomic E-state index is 0. The van der Waals surface area contributed by atoms with Crippen LogP contribution in [0.1, 0.15) is 10.4 Å². The van der Waals surface area contributed by atoms with Gasteiger partial charge in [0.15, 0.2) is 10.9 Å². The van der Waals surface area contributed by atoms with Crippen LogP contribution < -0.4 is 4.90 Å². The van der Waals surface area contributed by atoms with Gasteiger partial charge in [-0.15, -0.1) is 12.4 Å². The number of thiazole rings is 1. The van der Waals surface area contributed by atoms with Crippen LogP contribution in [0.25, 0.3) is 10.2 Å². The molecule has 1 aliphatic rings. The standard InChI is InChI=1S/C20H19F2N3O2S.ClH/c21-15-12-16(22)18-17(13-15)28-20(23-18)25(7-6-24-8-10-27-11-9-24)19(26)14-4-2-1-3-5-14;/h1-5,12-13H,6-11H2;1H. The first kappa shape index (κ1) is 21.6. The molecule has 0 radical (unpaired) electrons. The minimum atomic E-state index is -0.724. The van der Waals surface area contributed by atoms with Crippen molar-refractivity contribution in [1.82, 2.24) is 9.88 Å². The van der Waals surface area contributed by atoms with Gasteiger partial charge in [-0.3, -0.25) is 14.6 Å². The number of fused-ring (bicyclic) bond motifs is 1. The largest absolute Gasteiger partial charge is 0.379 e. The SMILES string of the molecule is Cl.O=C(c1ccccc1)N(CCN1CCOCC1)c1nc2c(F)cc(F)cc2s1. The van der Waals surface area contributed by atoms with Gasteiger partial charge in [0.05, 0.1) is 17.9 Å². The second-order valence-corrected chi connectivity index (χ2v) is 7.52. The molecule has 1 fully saturated rings. The summed E-state index contributed by atoms with van der Waals surface area (Å²) in [5.41, 5.74) is 0.606. The first-order valence-corrected chi connectivity index (χ1v) is 9.86. The number of anilines is 1. The highest BCUT2D eigenvalue weighted by Crippen LogP contribution is 2.32. The second-order valence-electron chi connectivity index (χ2n) is 6.51. The van der Waals surface area contributed by atoms with Crippen LogP contribution in [-0.2, 0) is 4.74 Å². The molecule has 1 aromatic heterocycles. The van der Waals surface area contributed by atoms with Crippen molar-refractivity contribution in [3.8, 4) is 0 Å². The molecule has 0 aliphatic carbocycles. The number of carbonyl (C=O) groups excluding carboxylic acids is 1. The molecule has 0 N–H and O–H groups in total. The maximum atomic E-state index is 14.1. The predicted octanol–water partition coefficient (Wildman–Crippen LogP) is 3.98. The van der Waals surface area contributed by atoms with Crippen molar-refractivity contribution in [2.75, 3.05) is 44.3 Å². The molecular formula is C20H20ClF2N3O2S. The summed E-state index contributed by atoms with van der Waals surface area (Å²) in [4.78, 5) is 21.2. The Kier molecular flexibility index (Phi) is 7.13. The molecule has 0 unspecified atom stereocenters. The summed E-state index contributed by atoms with van der Waals surface area (Å²) in [5.74, 6) is -1.60. The summed E-state index contributed by atoms with van der Waals surface area (Å²) in [6.45, 7) is 3.98. The Balaban J connectivity index is 0.00000240. The number of benzene rings is 2. The van der Waals surface area contributed by atoms with Crippen molar-refractivity contribution in [3.05, 3.63) is 59.7 Å². The Hall–Kier alpha value is -2.13. The number of rotatable bonds is 5. The van der Waals surface area contributed by atoms with Crippen molar-refractivity contribution in [2.24, 2.45) is 0 Å². The number of nitrogens with zero attached hydrogens (tertiary/aromatic N) is 3. The van der Waals surface area contributed by atoms with E-state index in [1.54, 1.807) is 29.2 Å². The van der Waals surface area contributed by atoms with Gasteiger partial charge in [-0.25, -0.2) is 13.8 Å². The van der Waals surface area contributed by atoms with E-state index in [4.69, 9.17) is 4.74 Å². The molecule has 3 aromatic rings. The molecule has 5 nitrogen and oxygen atoms in total. The van der Waals surface area contributed by atoms with E-state index in [0.717, 1.165) is 30.5 Å². The lowest BCUT2D eigenvalue weighted by atomic mass is 10.2. The molecule has 0 spiro atoms. The van der Waals surface area contributed by atoms with Gasteiger partial charge in [0.25, 0.3) is 5.91 Å². The maximum absolute atomic E-state index is 14.1. The Morgan fingerprint density at radius 1 is 1.17 bits per heavy atom. The number of morpholine rings is 1. The van der Waals surface area contributed by atoms with E-state index in [2.05, 4.69) is 9.88 Å². The average molecular weight is 440 g/mol. The van der Waals surface area contributed by atoms with Crippen LogP contribution >= 0.6 is 23.7 Å². The number of ether oxygens (including phenoxy) is 1. The molecule has 4 rings (SSSR count). The van der Waals surface area contributed by atoms with Crippen LogP contribution in [0.15, 0.2) is 42.5 Å². The molecule has 0 atom stereocenters. The first-order valence-electron chi connectivity index (χ1n) is 9.04. The molecule has 1 amide bonds. The predicted molar refractivity (Wildman–Crippen MR) is 112 cm³/mol. The fraction of sp³-hybridized carbons (Fsp3) is 0.300. The molecule has 1 aliphatic heterocycles. The first-order chi connectivity index (χ1) is 13.6. The van der Waals surface area contributed by atoms with Gasteiger partial charge in [-0.05, 0) is 18.2 Å². The van der Waals surface area contributed by atoms with E-state index in [9.17, 15) is 13.6 Å². The van der Waals surface area contributed by atoms with E-state index in [1.807, 2.05) is 6.07 Å². The van der Waals surface area contributed by atoms with Gasteiger partial charge in [-0.1, -0.05) is 29.5 Å². The van der Waals surface area contributed by atoms with Crippen LogP contribution in [-0.4, -0.2) is 55.2 Å². The third kappa shape index (κ3) is 4.90. The normalized spacial score (nSPS) is 14.6. The maximum Gasteiger partial charge on any atom is 0.260 e. The molecule has 0 saturated carbocycles. The number of hydrogen-bond donors (Lipinski definition) is 0. The van der Waals surface area contributed by atoms with Crippen molar-refractivity contribution < 1.29 is 18.3 Å². The van der Waals surface area contributed by atoms with Crippen LogP contribution in [0, 0.1) is 11.6 Å². The van der Waals surface area contributed by atoms with Crippen LogP contribution in [0.3, 0.4) is 0 Å². The number of carbonyl (C=O) groups is 1. The summed E-state index contributed by atoms with van der Waals surface area (Å²) in [6.07, 6.45) is 0. The van der Waals surface area contributed by atoms with Gasteiger partial charge in [0.1, 0.15) is 11.3 Å². The molecule has 2 aromatic carbocycles. The quantitative estimate of drug-likeness (QED) is 0.603. The average Bonchev–Trinajstić information content (AvgIpc) is 3.13. The smallest absolute Gasteiger partial charge is 0.260 e. The zero-order valence-corrected chi connectivity index (χ0v) is 17.1. The Morgan fingerprint density at radius 3 is 2.62 bits per heavy atom. The monoisotopic (exact) mass is 439 g/mol. The van der Waals surface area contributed by atoms with E-state index in [1.165, 1.54) is 6.07 Å². The van der Waals surface area contributed by atoms with Crippen molar-refractivity contribution in [3.63, 3.8) is 0 Å². The topological polar surface area (TPSA) is 45.7 Å². The number of amides is 1. The number of hydrogen-bond acceptors (Lipinski definition) is 5. The third-order valence-electron chi connectivity index (χ3n) is 4.64. The summed E-state index contributed by atoms with van der Waals surface area (Å²) < 4.78 is 33.4. The van der Waals surface area contributed by atoms with Gasteiger partial charge in [0, 0.05) is 37.8 Å². The molecule has 0 bridgehead atoms. The third-order valence-corrected chi connectivity index (χ3v) is 5.67. The summed E-state index contributed by atoms with van der Waals surface area (Å²) in [5, 5.41) is 0.363. The van der Waals surface area contributed by atoms with Crippen molar-refractivity contribution in [1.29, 1.82) is 0 Å². The van der Waals surface area contributed by atoms with E-state index >= 15 is 0 Å². The number of halogens is 3. The molecule has 2 heterocycles. The molecular weight excluding hydrogens is 420 g/mol. The Morgan fingerprint density at radius 2 is 1.90 bits per heavy atom. The lowest BCUT2D eigenvalue weighted by Crippen LogP contribution is -2.43.